The Balaban J connectivity index is 1.54. The molecule has 0 saturated heterocycles. The number of ketones is 1. The molecule has 35 heavy (non-hydrogen) atoms. The maximum absolute atomic E-state index is 12.1. The summed E-state index contributed by atoms with van der Waals surface area (Å²) in [5.74, 6) is 0.992. The standard InChI is InChI=1S/C26H38N6O3/c1-4-6-8-10-14-31-17-22(27-29-31)19-34-24-12-13-25(21(3)33)26(16-24)35-20-23-18-32(30-28-23)15-11-9-7-5-2/h12-13,16-18H,4-11,14-15,19-20H2,1-3H3. The van der Waals surface area contributed by atoms with Crippen molar-refractivity contribution in [3.05, 3.63) is 47.5 Å². The molecule has 0 aliphatic heterocycles. The van der Waals surface area contributed by atoms with Crippen LogP contribution in [-0.2, 0) is 26.3 Å². The summed E-state index contributed by atoms with van der Waals surface area (Å²) in [6, 6.07) is 5.23. The van der Waals surface area contributed by atoms with Crippen LogP contribution in [0.4, 0.5) is 0 Å². The van der Waals surface area contributed by atoms with Crippen molar-refractivity contribution >= 4 is 5.78 Å². The Bertz CT molecular complexity index is 1050. The number of ether oxygens (including phenoxy) is 2. The highest BCUT2D eigenvalue weighted by Crippen LogP contribution is 2.27. The maximum Gasteiger partial charge on any atom is 0.163 e. The molecule has 0 spiro atoms. The van der Waals surface area contributed by atoms with Crippen molar-refractivity contribution in [2.75, 3.05) is 0 Å². The van der Waals surface area contributed by atoms with Crippen molar-refractivity contribution in [1.82, 2.24) is 30.0 Å². The SMILES string of the molecule is CCCCCCn1cc(COc2ccc(C(C)=O)c(OCc3cn(CCCCCC)nn3)c2)nn1. The second-order valence-electron chi connectivity index (χ2n) is 8.86. The lowest BCUT2D eigenvalue weighted by Crippen LogP contribution is -2.03. The van der Waals surface area contributed by atoms with Crippen LogP contribution in [0.3, 0.4) is 0 Å². The van der Waals surface area contributed by atoms with E-state index in [0.29, 0.717) is 23.7 Å². The molecule has 9 nitrogen and oxygen atoms in total. The van der Waals surface area contributed by atoms with Crippen molar-refractivity contribution < 1.29 is 14.3 Å². The third-order valence-corrected chi connectivity index (χ3v) is 5.75. The Kier molecular flexibility index (Phi) is 10.7. The first-order chi connectivity index (χ1) is 17.1. The van der Waals surface area contributed by atoms with Gasteiger partial charge < -0.3 is 9.47 Å². The maximum atomic E-state index is 12.1. The third kappa shape index (κ3) is 8.81. The van der Waals surface area contributed by atoms with Crippen LogP contribution in [0, 0.1) is 0 Å². The highest BCUT2D eigenvalue weighted by atomic mass is 16.5. The predicted octanol–water partition coefficient (Wildman–Crippen LogP) is 5.39. The average molecular weight is 483 g/mol. The summed E-state index contributed by atoms with van der Waals surface area (Å²) in [4.78, 5) is 12.1. The van der Waals surface area contributed by atoms with Crippen LogP contribution in [0.15, 0.2) is 30.6 Å². The van der Waals surface area contributed by atoms with Gasteiger partial charge in [0.1, 0.15) is 36.1 Å². The van der Waals surface area contributed by atoms with Gasteiger partial charge in [-0.05, 0) is 31.9 Å². The van der Waals surface area contributed by atoms with E-state index in [9.17, 15) is 4.79 Å². The van der Waals surface area contributed by atoms with Crippen molar-refractivity contribution in [1.29, 1.82) is 0 Å². The van der Waals surface area contributed by atoms with Crippen molar-refractivity contribution in [3.8, 4) is 11.5 Å². The number of aromatic nitrogens is 6. The van der Waals surface area contributed by atoms with Gasteiger partial charge in [-0.3, -0.25) is 14.2 Å². The van der Waals surface area contributed by atoms with Crippen LogP contribution in [0.5, 0.6) is 11.5 Å². The second-order valence-corrected chi connectivity index (χ2v) is 8.86. The van der Waals surface area contributed by atoms with Crippen molar-refractivity contribution in [2.24, 2.45) is 0 Å². The van der Waals surface area contributed by atoms with E-state index < -0.39 is 0 Å². The van der Waals surface area contributed by atoms with Crippen LogP contribution in [0.1, 0.15) is 93.9 Å². The highest BCUT2D eigenvalue weighted by Gasteiger charge is 2.12. The van der Waals surface area contributed by atoms with Crippen LogP contribution >= 0.6 is 0 Å². The molecule has 9 heteroatoms. The Hall–Kier alpha value is -3.23. The van der Waals surface area contributed by atoms with Crippen molar-refractivity contribution in [3.63, 3.8) is 0 Å². The quantitative estimate of drug-likeness (QED) is 0.188. The van der Waals surface area contributed by atoms with Gasteiger partial charge in [0.2, 0.25) is 0 Å². The van der Waals surface area contributed by atoms with E-state index >= 15 is 0 Å². The van der Waals surface area contributed by atoms with E-state index in [1.165, 1.54) is 45.4 Å². The normalized spacial score (nSPS) is 11.1. The first-order valence-electron chi connectivity index (χ1n) is 12.8. The zero-order chi connectivity index (χ0) is 24.9. The summed E-state index contributed by atoms with van der Waals surface area (Å²) in [5, 5.41) is 16.7. The van der Waals surface area contributed by atoms with Gasteiger partial charge in [0.25, 0.3) is 0 Å². The molecular weight excluding hydrogens is 444 g/mol. The first-order valence-corrected chi connectivity index (χ1v) is 12.8. The molecular formula is C26H38N6O3. The fourth-order valence-corrected chi connectivity index (χ4v) is 3.74. The molecule has 2 aromatic heterocycles. The average Bonchev–Trinajstić information content (AvgIpc) is 3.51. The van der Waals surface area contributed by atoms with Gasteiger partial charge in [0, 0.05) is 19.2 Å². The fraction of sp³-hybridized carbons (Fsp3) is 0.577. The number of carbonyl (C=O) groups is 1. The molecule has 190 valence electrons. The smallest absolute Gasteiger partial charge is 0.163 e. The lowest BCUT2D eigenvalue weighted by Gasteiger charge is -2.11. The monoisotopic (exact) mass is 482 g/mol. The summed E-state index contributed by atoms with van der Waals surface area (Å²) >= 11 is 0. The van der Waals surface area contributed by atoms with Crippen LogP contribution < -0.4 is 9.47 Å². The number of aryl methyl sites for hydroxylation is 2. The molecule has 0 radical (unpaired) electrons. The van der Waals surface area contributed by atoms with E-state index in [4.69, 9.17) is 9.47 Å². The topological polar surface area (TPSA) is 97.0 Å². The van der Waals surface area contributed by atoms with Crippen LogP contribution in [0.2, 0.25) is 0 Å². The summed E-state index contributed by atoms with van der Waals surface area (Å²) in [5.41, 5.74) is 1.98. The number of Topliss-reactive ketones (excluding diaryl/α,β-unsaturated/α-hetero) is 1. The Labute approximate surface area is 207 Å². The third-order valence-electron chi connectivity index (χ3n) is 5.75. The number of hydrogen-bond donors (Lipinski definition) is 0. The van der Waals surface area contributed by atoms with Gasteiger partial charge in [0.15, 0.2) is 5.78 Å². The zero-order valence-electron chi connectivity index (χ0n) is 21.3. The number of rotatable bonds is 17. The highest BCUT2D eigenvalue weighted by molar-refractivity contribution is 5.97. The summed E-state index contributed by atoms with van der Waals surface area (Å²) in [6.45, 7) is 8.14. The molecule has 0 amide bonds. The number of hydrogen-bond acceptors (Lipinski definition) is 7. The molecule has 1 aromatic carbocycles. The van der Waals surface area contributed by atoms with E-state index in [2.05, 4.69) is 34.5 Å². The van der Waals surface area contributed by atoms with Gasteiger partial charge in [-0.15, -0.1) is 10.2 Å². The number of carbonyl (C=O) groups excluding carboxylic acids is 1. The summed E-state index contributed by atoms with van der Waals surface area (Å²) in [7, 11) is 0. The van der Waals surface area contributed by atoms with E-state index in [1.54, 1.807) is 18.2 Å². The summed E-state index contributed by atoms with van der Waals surface area (Å²) < 4.78 is 15.6. The lowest BCUT2D eigenvalue weighted by atomic mass is 10.1. The molecule has 3 rings (SSSR count). The van der Waals surface area contributed by atoms with Gasteiger partial charge in [-0.1, -0.05) is 62.8 Å². The van der Waals surface area contributed by atoms with Gasteiger partial charge in [0.05, 0.1) is 18.0 Å². The number of benzene rings is 1. The first kappa shape index (κ1) is 26.4. The van der Waals surface area contributed by atoms with Crippen LogP contribution in [-0.4, -0.2) is 35.8 Å². The van der Waals surface area contributed by atoms with E-state index in [-0.39, 0.29) is 12.4 Å². The predicted molar refractivity (Wildman–Crippen MR) is 133 cm³/mol. The number of unbranched alkanes of at least 4 members (excludes halogenated alkanes) is 6. The lowest BCUT2D eigenvalue weighted by molar-refractivity contribution is 0.101. The molecule has 0 aliphatic rings. The van der Waals surface area contributed by atoms with E-state index in [1.807, 2.05) is 21.8 Å². The minimum absolute atomic E-state index is 0.0721. The van der Waals surface area contributed by atoms with Gasteiger partial charge >= 0.3 is 0 Å². The zero-order valence-corrected chi connectivity index (χ0v) is 21.3. The fourth-order valence-electron chi connectivity index (χ4n) is 3.74. The molecule has 0 N–H and O–H groups in total. The second kappa shape index (κ2) is 14.2. The van der Waals surface area contributed by atoms with E-state index in [0.717, 1.165) is 37.3 Å². The minimum atomic E-state index is -0.0721. The molecule has 0 aliphatic carbocycles. The molecule has 0 atom stereocenters. The molecule has 2 heterocycles. The molecule has 0 fully saturated rings. The minimum Gasteiger partial charge on any atom is -0.487 e. The Morgan fingerprint density at radius 2 is 1.37 bits per heavy atom. The Morgan fingerprint density at radius 3 is 1.91 bits per heavy atom. The molecule has 0 saturated carbocycles. The van der Waals surface area contributed by atoms with Gasteiger partial charge in [-0.25, -0.2) is 0 Å². The van der Waals surface area contributed by atoms with Crippen molar-refractivity contribution in [2.45, 2.75) is 98.4 Å². The Morgan fingerprint density at radius 1 is 0.800 bits per heavy atom. The molecule has 0 bridgehead atoms. The molecule has 3 aromatic rings. The molecule has 0 unspecified atom stereocenters. The van der Waals surface area contributed by atoms with Gasteiger partial charge in [-0.2, -0.15) is 0 Å². The number of nitrogens with zero attached hydrogens (tertiary/aromatic N) is 6. The summed E-state index contributed by atoms with van der Waals surface area (Å²) in [6.07, 6.45) is 13.3. The van der Waals surface area contributed by atoms with Crippen LogP contribution in [0.25, 0.3) is 0 Å². The largest absolute Gasteiger partial charge is 0.487 e.